The number of aromatic carboxylic acids is 2. The second kappa shape index (κ2) is 17.1. The molecule has 0 aliphatic rings. The molecular weight excluding hydrogens is 432 g/mol. The van der Waals surface area contributed by atoms with Crippen molar-refractivity contribution in [3.63, 3.8) is 0 Å². The van der Waals surface area contributed by atoms with Crippen LogP contribution in [0.4, 0.5) is 0 Å². The van der Waals surface area contributed by atoms with Gasteiger partial charge in [0.15, 0.2) is 0 Å². The average Bonchev–Trinajstić information content (AvgIpc) is 2.76. The molecule has 0 aromatic heterocycles. The van der Waals surface area contributed by atoms with E-state index >= 15 is 0 Å². The summed E-state index contributed by atoms with van der Waals surface area (Å²) in [5, 5.41) is 19.3. The van der Waals surface area contributed by atoms with Gasteiger partial charge in [-0.15, -0.1) is 0 Å². The van der Waals surface area contributed by atoms with Crippen LogP contribution in [0, 0.1) is 0 Å². The molecule has 0 bridgehead atoms. The van der Waals surface area contributed by atoms with Gasteiger partial charge < -0.3 is 19.7 Å². The minimum Gasteiger partial charge on any atom is -0.478 e. The Morgan fingerprint density at radius 2 is 1.24 bits per heavy atom. The van der Waals surface area contributed by atoms with Crippen LogP contribution in [-0.4, -0.2) is 48.6 Å². The van der Waals surface area contributed by atoms with Crippen molar-refractivity contribution in [2.75, 3.05) is 26.4 Å². The van der Waals surface area contributed by atoms with Crippen LogP contribution in [0.5, 0.6) is 0 Å². The van der Waals surface area contributed by atoms with Gasteiger partial charge in [0, 0.05) is 13.2 Å². The molecular formula is C28H42O6. The molecule has 0 fully saturated rings. The van der Waals surface area contributed by atoms with Gasteiger partial charge in [-0.3, -0.25) is 0 Å². The van der Waals surface area contributed by atoms with Gasteiger partial charge in [-0.1, -0.05) is 56.1 Å². The molecule has 0 atom stereocenters. The summed E-state index contributed by atoms with van der Waals surface area (Å²) in [6.45, 7) is 14.1. The van der Waals surface area contributed by atoms with E-state index in [-0.39, 0.29) is 11.1 Å². The van der Waals surface area contributed by atoms with Crippen molar-refractivity contribution in [2.45, 2.75) is 78.1 Å². The van der Waals surface area contributed by atoms with Crippen molar-refractivity contribution in [1.29, 1.82) is 0 Å². The van der Waals surface area contributed by atoms with E-state index in [1.165, 1.54) is 6.07 Å². The monoisotopic (exact) mass is 474 g/mol. The lowest BCUT2D eigenvalue weighted by molar-refractivity contribution is 0.0650. The maximum Gasteiger partial charge on any atom is 0.336 e. The van der Waals surface area contributed by atoms with E-state index in [1.807, 2.05) is 13.8 Å². The Hall–Kier alpha value is -2.44. The molecule has 6 heteroatoms. The van der Waals surface area contributed by atoms with E-state index in [2.05, 4.69) is 13.2 Å². The van der Waals surface area contributed by atoms with Gasteiger partial charge in [0.1, 0.15) is 0 Å². The summed E-state index contributed by atoms with van der Waals surface area (Å²) < 4.78 is 11.0. The summed E-state index contributed by atoms with van der Waals surface area (Å²) in [7, 11) is 0. The third-order valence-electron chi connectivity index (χ3n) is 5.50. The zero-order valence-electron chi connectivity index (χ0n) is 21.0. The molecule has 1 aromatic carbocycles. The number of carboxylic acid groups (broad SMARTS) is 2. The molecule has 0 saturated heterocycles. The number of ether oxygens (including phenoxy) is 2. The molecule has 0 unspecified atom stereocenters. The third kappa shape index (κ3) is 12.1. The van der Waals surface area contributed by atoms with Gasteiger partial charge in [-0.25, -0.2) is 9.59 Å². The van der Waals surface area contributed by atoms with Gasteiger partial charge in [0.25, 0.3) is 0 Å². The molecule has 2 N–H and O–H groups in total. The van der Waals surface area contributed by atoms with Crippen LogP contribution in [0.1, 0.15) is 97.1 Å². The minimum absolute atomic E-state index is 0.0528. The molecule has 0 amide bonds. The smallest absolute Gasteiger partial charge is 0.336 e. The highest BCUT2D eigenvalue weighted by molar-refractivity contribution is 6.03. The van der Waals surface area contributed by atoms with Crippen molar-refractivity contribution in [2.24, 2.45) is 0 Å². The van der Waals surface area contributed by atoms with Crippen LogP contribution >= 0.6 is 0 Å². The summed E-state index contributed by atoms with van der Waals surface area (Å²) in [6, 6.07) is 3.24. The Labute approximate surface area is 204 Å². The predicted octanol–water partition coefficient (Wildman–Crippen LogP) is 6.47. The molecule has 0 aliphatic carbocycles. The highest BCUT2D eigenvalue weighted by atomic mass is 16.5. The fraction of sp³-hybridized carbons (Fsp3) is 0.571. The normalized spacial score (nSPS) is 10.9. The Kier molecular flexibility index (Phi) is 14.9. The van der Waals surface area contributed by atoms with Crippen molar-refractivity contribution in [1.82, 2.24) is 0 Å². The minimum atomic E-state index is -1.20. The van der Waals surface area contributed by atoms with Crippen molar-refractivity contribution in [3.05, 3.63) is 58.7 Å². The first kappa shape index (κ1) is 29.6. The second-order valence-corrected chi connectivity index (χ2v) is 9.08. The van der Waals surface area contributed by atoms with Crippen LogP contribution in [0.3, 0.4) is 0 Å². The lowest BCUT2D eigenvalue weighted by atomic mass is 9.89. The van der Waals surface area contributed by atoms with Gasteiger partial charge >= 0.3 is 11.9 Å². The molecule has 1 rings (SSSR count). The summed E-state index contributed by atoms with van der Waals surface area (Å²) in [4.78, 5) is 23.6. The molecule has 1 aromatic rings. The predicted molar refractivity (Wildman–Crippen MR) is 136 cm³/mol. The molecule has 0 heterocycles. The van der Waals surface area contributed by atoms with Gasteiger partial charge in [0.2, 0.25) is 0 Å². The van der Waals surface area contributed by atoms with Gasteiger partial charge in [0.05, 0.1) is 24.3 Å². The number of hydrogen-bond acceptors (Lipinski definition) is 4. The largest absolute Gasteiger partial charge is 0.478 e. The van der Waals surface area contributed by atoms with Crippen LogP contribution in [0.15, 0.2) is 36.4 Å². The van der Waals surface area contributed by atoms with Crippen LogP contribution in [-0.2, 0) is 22.3 Å². The maximum absolute atomic E-state index is 12.0. The average molecular weight is 475 g/mol. The topological polar surface area (TPSA) is 93.1 Å². The number of unbranched alkanes of at least 4 members (excludes halogenated alkanes) is 6. The van der Waals surface area contributed by atoms with E-state index in [0.717, 1.165) is 74.5 Å². The zero-order chi connectivity index (χ0) is 25.3. The van der Waals surface area contributed by atoms with E-state index in [9.17, 15) is 19.8 Å². The molecule has 0 saturated carbocycles. The molecule has 6 nitrogen and oxygen atoms in total. The zero-order valence-corrected chi connectivity index (χ0v) is 21.0. The molecule has 0 radical (unpaired) electrons. The number of carbonyl (C=O) groups is 2. The summed E-state index contributed by atoms with van der Waals surface area (Å²) in [5.74, 6) is -2.37. The first-order valence-electron chi connectivity index (χ1n) is 12.3. The Balaban J connectivity index is 2.65. The van der Waals surface area contributed by atoms with Gasteiger partial charge in [-0.2, -0.15) is 0 Å². The highest BCUT2D eigenvalue weighted by Gasteiger charge is 2.22. The van der Waals surface area contributed by atoms with Crippen LogP contribution in [0.2, 0.25) is 0 Å². The first-order valence-corrected chi connectivity index (χ1v) is 12.3. The standard InChI is InChI=1S/C28H42O6/c1-21(2)19-33-17-11-7-5-9-13-23-15-16-25(27(29)30)26(28(31)32)24(23)14-10-6-8-12-18-34-20-22(3)4/h15-16H,1,3,5-14,17-20H2,2,4H3,(H,29,30)(H,31,32). The summed E-state index contributed by atoms with van der Waals surface area (Å²) in [6.07, 6.45) is 8.97. The summed E-state index contributed by atoms with van der Waals surface area (Å²) >= 11 is 0. The number of hydrogen-bond donors (Lipinski definition) is 2. The SMILES string of the molecule is C=C(C)COCCCCCCc1ccc(C(=O)O)c(C(=O)O)c1CCCCCCOCC(=C)C. The Bertz CT molecular complexity index is 811. The Morgan fingerprint density at radius 1 is 0.735 bits per heavy atom. The van der Waals surface area contributed by atoms with Gasteiger partial charge in [-0.05, 0) is 69.6 Å². The molecule has 190 valence electrons. The van der Waals surface area contributed by atoms with E-state index in [0.29, 0.717) is 38.4 Å². The van der Waals surface area contributed by atoms with Crippen LogP contribution < -0.4 is 0 Å². The van der Waals surface area contributed by atoms with E-state index < -0.39 is 11.9 Å². The third-order valence-corrected chi connectivity index (χ3v) is 5.50. The maximum atomic E-state index is 12.0. The number of aryl methyl sites for hydroxylation is 1. The van der Waals surface area contributed by atoms with Crippen LogP contribution in [0.25, 0.3) is 0 Å². The highest BCUT2D eigenvalue weighted by Crippen LogP contribution is 2.25. The first-order chi connectivity index (χ1) is 16.2. The lowest BCUT2D eigenvalue weighted by Gasteiger charge is -2.15. The number of benzene rings is 1. The lowest BCUT2D eigenvalue weighted by Crippen LogP contribution is -2.14. The quantitative estimate of drug-likeness (QED) is 0.166. The van der Waals surface area contributed by atoms with E-state index in [4.69, 9.17) is 9.47 Å². The fourth-order valence-electron chi connectivity index (χ4n) is 3.86. The number of rotatable bonds is 20. The van der Waals surface area contributed by atoms with Crippen molar-refractivity contribution in [3.8, 4) is 0 Å². The number of carboxylic acids is 2. The second-order valence-electron chi connectivity index (χ2n) is 9.08. The molecule has 34 heavy (non-hydrogen) atoms. The summed E-state index contributed by atoms with van der Waals surface area (Å²) in [5.41, 5.74) is 3.46. The fourth-order valence-corrected chi connectivity index (χ4v) is 3.86. The Morgan fingerprint density at radius 3 is 1.71 bits per heavy atom. The van der Waals surface area contributed by atoms with E-state index in [1.54, 1.807) is 6.07 Å². The van der Waals surface area contributed by atoms with Crippen molar-refractivity contribution < 1.29 is 29.3 Å². The van der Waals surface area contributed by atoms with Crippen molar-refractivity contribution >= 4 is 11.9 Å². The molecule has 0 aliphatic heterocycles. The molecule has 0 spiro atoms.